The molecule has 180 valence electrons. The van der Waals surface area contributed by atoms with Crippen molar-refractivity contribution in [1.29, 1.82) is 5.26 Å². The van der Waals surface area contributed by atoms with E-state index in [4.69, 9.17) is 6.42 Å². The van der Waals surface area contributed by atoms with Gasteiger partial charge in [-0.3, -0.25) is 19.4 Å². The van der Waals surface area contributed by atoms with Crippen LogP contribution in [0.3, 0.4) is 0 Å². The summed E-state index contributed by atoms with van der Waals surface area (Å²) in [5.74, 6) is 1.99. The van der Waals surface area contributed by atoms with Gasteiger partial charge in [0.1, 0.15) is 23.1 Å². The molecule has 1 aliphatic carbocycles. The molecule has 1 amide bonds. The number of rotatable bonds is 3. The molecule has 1 aromatic heterocycles. The number of carbonyl (C=O) groups excluding carboxylic acids is 2. The molecule has 2 aromatic carbocycles. The van der Waals surface area contributed by atoms with Gasteiger partial charge in [0, 0.05) is 47.0 Å². The van der Waals surface area contributed by atoms with E-state index in [-0.39, 0.29) is 24.3 Å². The molecule has 0 unspecified atom stereocenters. The van der Waals surface area contributed by atoms with Crippen molar-refractivity contribution in [1.82, 2.24) is 4.57 Å². The number of aromatic nitrogens is 1. The van der Waals surface area contributed by atoms with E-state index in [1.807, 2.05) is 23.1 Å². The highest BCUT2D eigenvalue weighted by Crippen LogP contribution is 2.58. The summed E-state index contributed by atoms with van der Waals surface area (Å²) in [6.07, 6.45) is 10.6. The van der Waals surface area contributed by atoms with Crippen molar-refractivity contribution in [3.8, 4) is 18.4 Å². The third-order valence-electron chi connectivity index (χ3n) is 7.30. The lowest BCUT2D eigenvalue weighted by Gasteiger charge is -2.45. The average Bonchev–Trinajstić information content (AvgIpc) is 3.52. The van der Waals surface area contributed by atoms with E-state index in [1.165, 1.54) is 17.0 Å². The minimum atomic E-state index is -1.63. The Morgan fingerprint density at radius 1 is 1.00 bits per heavy atom. The number of Topliss-reactive ketones (excluding diaryl/α,β-unsaturated/α-hetero) is 1. The minimum Gasteiger partial charge on any atom is -0.309 e. The Balaban J connectivity index is 1.78. The van der Waals surface area contributed by atoms with Gasteiger partial charge in [-0.05, 0) is 55.3 Å². The molecular formula is C30H21FN4O2. The van der Waals surface area contributed by atoms with E-state index in [9.17, 15) is 19.2 Å². The highest BCUT2D eigenvalue weighted by molar-refractivity contribution is 6.22. The van der Waals surface area contributed by atoms with Crippen LogP contribution in [0.15, 0.2) is 89.9 Å². The molecule has 6 nitrogen and oxygen atoms in total. The van der Waals surface area contributed by atoms with Gasteiger partial charge in [0.2, 0.25) is 5.91 Å². The fraction of sp³-hybridized carbons (Fsp3) is 0.167. The van der Waals surface area contributed by atoms with Gasteiger partial charge >= 0.3 is 0 Å². The Morgan fingerprint density at radius 3 is 2.43 bits per heavy atom. The summed E-state index contributed by atoms with van der Waals surface area (Å²) in [4.78, 5) is 31.6. The van der Waals surface area contributed by atoms with Crippen molar-refractivity contribution in [2.24, 2.45) is 0 Å². The second-order valence-corrected chi connectivity index (χ2v) is 9.17. The van der Waals surface area contributed by atoms with Crippen molar-refractivity contribution in [2.75, 3.05) is 16.3 Å². The number of benzene rings is 2. The first-order valence-corrected chi connectivity index (χ1v) is 12.0. The lowest BCUT2D eigenvalue weighted by atomic mass is 9.63. The zero-order chi connectivity index (χ0) is 25.7. The van der Waals surface area contributed by atoms with E-state index in [1.54, 1.807) is 47.3 Å². The second-order valence-electron chi connectivity index (χ2n) is 9.17. The number of hydrogen-bond acceptors (Lipinski definition) is 4. The molecule has 0 bridgehead atoms. The van der Waals surface area contributed by atoms with E-state index >= 15 is 0 Å². The number of hydrogen-bond donors (Lipinski definition) is 0. The Bertz CT molecular complexity index is 1600. The highest BCUT2D eigenvalue weighted by Gasteiger charge is 2.62. The Morgan fingerprint density at radius 2 is 1.73 bits per heavy atom. The number of ketones is 1. The van der Waals surface area contributed by atoms with Crippen molar-refractivity contribution in [2.45, 2.75) is 24.7 Å². The lowest BCUT2D eigenvalue weighted by molar-refractivity contribution is -0.124. The van der Waals surface area contributed by atoms with E-state index < -0.39 is 17.1 Å². The van der Waals surface area contributed by atoms with Crippen LogP contribution in [0.25, 0.3) is 5.82 Å². The molecule has 0 N–H and O–H groups in total. The number of nitriles is 1. The zero-order valence-corrected chi connectivity index (χ0v) is 19.8. The highest BCUT2D eigenvalue weighted by atomic mass is 19.1. The fourth-order valence-corrected chi connectivity index (χ4v) is 5.92. The van der Waals surface area contributed by atoms with Gasteiger partial charge in [0.25, 0.3) is 0 Å². The zero-order valence-electron chi connectivity index (χ0n) is 19.8. The molecule has 2 aliphatic heterocycles. The van der Waals surface area contributed by atoms with Crippen LogP contribution in [0.5, 0.6) is 0 Å². The van der Waals surface area contributed by atoms with Crippen LogP contribution < -0.4 is 9.80 Å². The summed E-state index contributed by atoms with van der Waals surface area (Å²) in [5.41, 5.74) is 1.17. The molecule has 0 fully saturated rings. The number of nitrogens with zero attached hydrogens (tertiary/aromatic N) is 4. The molecule has 0 saturated carbocycles. The van der Waals surface area contributed by atoms with E-state index in [0.29, 0.717) is 46.9 Å². The summed E-state index contributed by atoms with van der Waals surface area (Å²) in [7, 11) is 0. The molecule has 1 atom stereocenters. The minimum absolute atomic E-state index is 0.00758. The number of anilines is 2. The average molecular weight is 489 g/mol. The molecule has 37 heavy (non-hydrogen) atoms. The first-order chi connectivity index (χ1) is 18.0. The first kappa shape index (κ1) is 22.6. The normalized spacial score (nSPS) is 20.7. The predicted molar refractivity (Wildman–Crippen MR) is 137 cm³/mol. The molecule has 1 spiro atoms. The number of carbonyl (C=O) groups is 2. The van der Waals surface area contributed by atoms with Crippen molar-refractivity contribution < 1.29 is 14.0 Å². The molecule has 3 aromatic rings. The Kier molecular flexibility index (Phi) is 5.10. The lowest BCUT2D eigenvalue weighted by Crippen LogP contribution is -2.51. The number of amides is 1. The van der Waals surface area contributed by atoms with Crippen LogP contribution in [-0.4, -0.2) is 22.8 Å². The third kappa shape index (κ3) is 2.98. The molecule has 3 aliphatic rings. The molecule has 7 heteroatoms. The Labute approximate surface area is 213 Å². The summed E-state index contributed by atoms with van der Waals surface area (Å²) < 4.78 is 15.7. The smallest absolute Gasteiger partial charge is 0.248 e. The second kappa shape index (κ2) is 8.36. The maximum absolute atomic E-state index is 14.5. The van der Waals surface area contributed by atoms with Crippen LogP contribution >= 0.6 is 0 Å². The van der Waals surface area contributed by atoms with Gasteiger partial charge in [-0.2, -0.15) is 5.26 Å². The Hall–Kier alpha value is -4.88. The number of allylic oxidation sites excluding steroid dienone is 1. The van der Waals surface area contributed by atoms with E-state index in [2.05, 4.69) is 12.0 Å². The van der Waals surface area contributed by atoms with E-state index in [0.717, 1.165) is 0 Å². The number of fused-ring (bicyclic) bond motifs is 3. The van der Waals surface area contributed by atoms with Crippen molar-refractivity contribution >= 4 is 28.9 Å². The standard InChI is InChI=1S/C30H21FN4O2/c1-2-16-34-24-9-4-3-8-22(24)30(29(34)37)23(19-32)28(33-17-5-6-18-33)35(21-14-12-20(31)13-15-21)25-10-7-11-26(36)27(25)30/h1,3-6,8-9,12-15,17-18H,7,10-11,16H2/t30-/m1/s1. The largest absolute Gasteiger partial charge is 0.309 e. The first-order valence-electron chi connectivity index (χ1n) is 12.0. The number of para-hydroxylation sites is 1. The SMILES string of the molecule is C#CCN1C(=O)[C@@]2(C(C#N)=C(n3cccc3)N(c3ccc(F)cc3)C3=C2C(=O)CCC3)c2ccccc21. The maximum atomic E-state index is 14.5. The van der Waals surface area contributed by atoms with Crippen LogP contribution in [0.2, 0.25) is 0 Å². The molecular weight excluding hydrogens is 467 g/mol. The van der Waals surface area contributed by atoms with Crippen LogP contribution in [-0.2, 0) is 15.0 Å². The monoisotopic (exact) mass is 488 g/mol. The summed E-state index contributed by atoms with van der Waals surface area (Å²) in [6, 6.07) is 19.1. The summed E-state index contributed by atoms with van der Waals surface area (Å²) >= 11 is 0. The predicted octanol–water partition coefficient (Wildman–Crippen LogP) is 4.76. The molecule has 0 saturated heterocycles. The van der Waals surface area contributed by atoms with Crippen molar-refractivity contribution in [3.05, 3.63) is 101 Å². The van der Waals surface area contributed by atoms with Gasteiger partial charge < -0.3 is 4.57 Å². The van der Waals surface area contributed by atoms with Gasteiger partial charge in [0.05, 0.1) is 12.1 Å². The quantitative estimate of drug-likeness (QED) is 0.499. The van der Waals surface area contributed by atoms with Gasteiger partial charge in [-0.15, -0.1) is 6.42 Å². The number of halogens is 1. The van der Waals surface area contributed by atoms with Crippen LogP contribution in [0, 0.1) is 29.5 Å². The van der Waals surface area contributed by atoms with Crippen LogP contribution in [0.4, 0.5) is 15.8 Å². The summed E-state index contributed by atoms with van der Waals surface area (Å²) in [6.45, 7) is 0.00758. The fourth-order valence-electron chi connectivity index (χ4n) is 5.92. The number of terminal acetylenes is 1. The maximum Gasteiger partial charge on any atom is 0.248 e. The van der Waals surface area contributed by atoms with Gasteiger partial charge in [-0.1, -0.05) is 24.1 Å². The van der Waals surface area contributed by atoms with Gasteiger partial charge in [-0.25, -0.2) is 4.39 Å². The molecule has 0 radical (unpaired) electrons. The van der Waals surface area contributed by atoms with Gasteiger partial charge in [0.15, 0.2) is 5.78 Å². The molecule has 3 heterocycles. The molecule has 6 rings (SSSR count). The third-order valence-corrected chi connectivity index (χ3v) is 7.30. The summed E-state index contributed by atoms with van der Waals surface area (Å²) in [5, 5.41) is 10.8. The van der Waals surface area contributed by atoms with Crippen molar-refractivity contribution in [3.63, 3.8) is 0 Å². The topological polar surface area (TPSA) is 69.3 Å². The van der Waals surface area contributed by atoms with Crippen LogP contribution in [0.1, 0.15) is 24.8 Å².